The number of amides is 1. The van der Waals surface area contributed by atoms with Gasteiger partial charge in [-0.25, -0.2) is 0 Å². The van der Waals surface area contributed by atoms with Crippen LogP contribution < -0.4 is 15.8 Å². The number of nitrogens with two attached hydrogens (primary N) is 1. The fourth-order valence-electron chi connectivity index (χ4n) is 2.09. The van der Waals surface area contributed by atoms with Crippen molar-refractivity contribution in [2.45, 2.75) is 13.3 Å². The topological polar surface area (TPSA) is 64.3 Å². The van der Waals surface area contributed by atoms with E-state index < -0.39 is 0 Å². The molecule has 0 heterocycles. The Hall–Kier alpha value is -2.33. The van der Waals surface area contributed by atoms with Crippen molar-refractivity contribution in [3.8, 4) is 5.75 Å². The Balaban J connectivity index is 2.10. The van der Waals surface area contributed by atoms with E-state index in [-0.39, 0.29) is 5.91 Å². The summed E-state index contributed by atoms with van der Waals surface area (Å²) < 4.78 is 5.24. The van der Waals surface area contributed by atoms with Gasteiger partial charge in [0, 0.05) is 11.3 Å². The highest BCUT2D eigenvalue weighted by molar-refractivity contribution is 6.04. The van der Waals surface area contributed by atoms with Crippen molar-refractivity contribution in [1.29, 1.82) is 0 Å². The van der Waals surface area contributed by atoms with E-state index in [9.17, 15) is 4.79 Å². The van der Waals surface area contributed by atoms with Crippen LogP contribution >= 0.6 is 0 Å². The van der Waals surface area contributed by atoms with Crippen molar-refractivity contribution >= 4 is 11.6 Å². The molecule has 1 amide bonds. The monoisotopic (exact) mass is 284 g/mol. The van der Waals surface area contributed by atoms with E-state index in [0.29, 0.717) is 17.9 Å². The van der Waals surface area contributed by atoms with Crippen molar-refractivity contribution < 1.29 is 9.53 Å². The van der Waals surface area contributed by atoms with Crippen molar-refractivity contribution in [3.05, 3.63) is 59.2 Å². The summed E-state index contributed by atoms with van der Waals surface area (Å²) in [6, 6.07) is 13.1. The molecule has 0 spiro atoms. The molecule has 2 rings (SSSR count). The van der Waals surface area contributed by atoms with Crippen molar-refractivity contribution in [2.24, 2.45) is 5.73 Å². The van der Waals surface area contributed by atoms with Crippen LogP contribution in [0.5, 0.6) is 5.75 Å². The molecule has 0 aliphatic heterocycles. The minimum Gasteiger partial charge on any atom is -0.496 e. The highest BCUT2D eigenvalue weighted by atomic mass is 16.5. The zero-order valence-electron chi connectivity index (χ0n) is 12.3. The summed E-state index contributed by atoms with van der Waals surface area (Å²) in [5, 5.41) is 2.87. The number of benzene rings is 2. The molecule has 0 radical (unpaired) electrons. The largest absolute Gasteiger partial charge is 0.496 e. The molecule has 3 N–H and O–H groups in total. The van der Waals surface area contributed by atoms with Gasteiger partial charge in [0.2, 0.25) is 0 Å². The third-order valence-electron chi connectivity index (χ3n) is 3.32. The number of hydrogen-bond donors (Lipinski definition) is 2. The van der Waals surface area contributed by atoms with E-state index in [1.807, 2.05) is 37.3 Å². The van der Waals surface area contributed by atoms with Gasteiger partial charge in [-0.2, -0.15) is 0 Å². The van der Waals surface area contributed by atoms with E-state index in [1.165, 1.54) is 0 Å². The van der Waals surface area contributed by atoms with Gasteiger partial charge in [0.25, 0.3) is 5.91 Å². The predicted molar refractivity (Wildman–Crippen MR) is 84.9 cm³/mol. The molecule has 0 saturated heterocycles. The lowest BCUT2D eigenvalue weighted by Gasteiger charge is -2.09. The smallest absolute Gasteiger partial charge is 0.255 e. The predicted octanol–water partition coefficient (Wildman–Crippen LogP) is 2.76. The van der Waals surface area contributed by atoms with Gasteiger partial charge >= 0.3 is 0 Å². The van der Waals surface area contributed by atoms with Crippen LogP contribution in [0.4, 0.5) is 5.69 Å². The minimum absolute atomic E-state index is 0.153. The SMILES string of the molecule is COc1cc(C(=O)Nc2ccc(CCN)cc2)ccc1C. The molecular weight excluding hydrogens is 264 g/mol. The quantitative estimate of drug-likeness (QED) is 0.887. The molecule has 2 aromatic rings. The van der Waals surface area contributed by atoms with Gasteiger partial charge in [-0.15, -0.1) is 0 Å². The fourth-order valence-corrected chi connectivity index (χ4v) is 2.09. The van der Waals surface area contributed by atoms with Crippen LogP contribution in [0, 0.1) is 6.92 Å². The summed E-state index contributed by atoms with van der Waals surface area (Å²) in [6.07, 6.45) is 0.837. The van der Waals surface area contributed by atoms with Gasteiger partial charge in [0.15, 0.2) is 0 Å². The number of hydrogen-bond acceptors (Lipinski definition) is 3. The van der Waals surface area contributed by atoms with Crippen LogP contribution in [0.2, 0.25) is 0 Å². The Morgan fingerprint density at radius 1 is 1.19 bits per heavy atom. The van der Waals surface area contributed by atoms with Gasteiger partial charge in [-0.1, -0.05) is 18.2 Å². The molecule has 0 atom stereocenters. The maximum absolute atomic E-state index is 12.2. The summed E-state index contributed by atoms with van der Waals surface area (Å²) in [6.45, 7) is 2.56. The number of anilines is 1. The van der Waals surface area contributed by atoms with Crippen LogP contribution in [0.15, 0.2) is 42.5 Å². The average molecular weight is 284 g/mol. The highest BCUT2D eigenvalue weighted by Gasteiger charge is 2.08. The van der Waals surface area contributed by atoms with Crippen LogP contribution in [0.1, 0.15) is 21.5 Å². The number of ether oxygens (including phenoxy) is 1. The van der Waals surface area contributed by atoms with Gasteiger partial charge in [0.05, 0.1) is 7.11 Å². The Labute approximate surface area is 124 Å². The van der Waals surface area contributed by atoms with Crippen LogP contribution in [0.3, 0.4) is 0 Å². The Kier molecular flexibility index (Phi) is 4.95. The summed E-state index contributed by atoms with van der Waals surface area (Å²) in [7, 11) is 1.60. The molecule has 2 aromatic carbocycles. The average Bonchev–Trinajstić information content (AvgIpc) is 2.50. The van der Waals surface area contributed by atoms with E-state index in [2.05, 4.69) is 5.32 Å². The number of methoxy groups -OCH3 is 1. The molecule has 0 unspecified atom stereocenters. The standard InChI is InChI=1S/C17H20N2O2/c1-12-3-6-14(11-16(12)21-2)17(20)19-15-7-4-13(5-8-15)9-10-18/h3-8,11H,9-10,18H2,1-2H3,(H,19,20). The number of aryl methyl sites for hydroxylation is 1. The molecule has 0 aliphatic rings. The van der Waals surface area contributed by atoms with E-state index in [0.717, 1.165) is 23.2 Å². The lowest BCUT2D eigenvalue weighted by molar-refractivity contribution is 0.102. The van der Waals surface area contributed by atoms with Gasteiger partial charge in [0.1, 0.15) is 5.75 Å². The number of carbonyl (C=O) groups excluding carboxylic acids is 1. The van der Waals surface area contributed by atoms with Crippen LogP contribution in [-0.4, -0.2) is 19.6 Å². The first-order chi connectivity index (χ1) is 10.1. The molecule has 0 bridgehead atoms. The first-order valence-electron chi connectivity index (χ1n) is 6.89. The summed E-state index contributed by atoms with van der Waals surface area (Å²) in [5.74, 6) is 0.556. The zero-order chi connectivity index (χ0) is 15.2. The second kappa shape index (κ2) is 6.90. The molecular formula is C17H20N2O2. The lowest BCUT2D eigenvalue weighted by Crippen LogP contribution is -2.12. The number of carbonyl (C=O) groups is 1. The molecule has 4 nitrogen and oxygen atoms in total. The molecule has 21 heavy (non-hydrogen) atoms. The maximum atomic E-state index is 12.2. The molecule has 4 heteroatoms. The number of rotatable bonds is 5. The van der Waals surface area contributed by atoms with Gasteiger partial charge in [-0.05, 0) is 55.3 Å². The van der Waals surface area contributed by atoms with Gasteiger partial charge in [-0.3, -0.25) is 4.79 Å². The molecule has 110 valence electrons. The Morgan fingerprint density at radius 3 is 2.52 bits per heavy atom. The summed E-state index contributed by atoms with van der Waals surface area (Å²) >= 11 is 0. The normalized spacial score (nSPS) is 10.2. The molecule has 0 fully saturated rings. The molecule has 0 aliphatic carbocycles. The van der Waals surface area contributed by atoms with Crippen LogP contribution in [0.25, 0.3) is 0 Å². The van der Waals surface area contributed by atoms with E-state index in [1.54, 1.807) is 19.2 Å². The molecule has 0 saturated carbocycles. The first kappa shape index (κ1) is 15.1. The number of nitrogens with one attached hydrogen (secondary N) is 1. The first-order valence-corrected chi connectivity index (χ1v) is 6.89. The fraction of sp³-hybridized carbons (Fsp3) is 0.235. The molecule has 0 aromatic heterocycles. The summed E-state index contributed by atoms with van der Waals surface area (Å²) in [4.78, 5) is 12.2. The Morgan fingerprint density at radius 2 is 1.90 bits per heavy atom. The van der Waals surface area contributed by atoms with Crippen molar-refractivity contribution in [1.82, 2.24) is 0 Å². The lowest BCUT2D eigenvalue weighted by atomic mass is 10.1. The van der Waals surface area contributed by atoms with Crippen LogP contribution in [-0.2, 0) is 6.42 Å². The van der Waals surface area contributed by atoms with E-state index >= 15 is 0 Å². The minimum atomic E-state index is -0.153. The third kappa shape index (κ3) is 3.83. The zero-order valence-corrected chi connectivity index (χ0v) is 12.3. The van der Waals surface area contributed by atoms with Crippen molar-refractivity contribution in [3.63, 3.8) is 0 Å². The third-order valence-corrected chi connectivity index (χ3v) is 3.32. The Bertz CT molecular complexity index is 621. The van der Waals surface area contributed by atoms with Gasteiger partial charge < -0.3 is 15.8 Å². The van der Waals surface area contributed by atoms with Crippen molar-refractivity contribution in [2.75, 3.05) is 19.0 Å². The second-order valence-corrected chi connectivity index (χ2v) is 4.87. The van der Waals surface area contributed by atoms with E-state index in [4.69, 9.17) is 10.5 Å². The highest BCUT2D eigenvalue weighted by Crippen LogP contribution is 2.20. The second-order valence-electron chi connectivity index (χ2n) is 4.87. The summed E-state index contributed by atoms with van der Waals surface area (Å²) in [5.41, 5.74) is 9.01. The maximum Gasteiger partial charge on any atom is 0.255 e.